The number of phosphoric ester groups is 3. The molecule has 0 aliphatic carbocycles. The molecule has 3 aliphatic heterocycles. The maximum Gasteiger partial charge on any atom is 0.490 e. The average Bonchev–Trinajstić information content (AvgIpc) is 4.20. The van der Waals surface area contributed by atoms with E-state index >= 15 is 0 Å². The maximum absolute atomic E-state index is 13.6. The number of nitrogens with two attached hydrogens (primary N) is 3. The Morgan fingerprint density at radius 2 is 1.26 bits per heavy atom. The van der Waals surface area contributed by atoms with E-state index in [0.717, 1.165) is 30.7 Å². The number of phosphoric acid groups is 4. The molecule has 9 rings (SSSR count). The number of aryl methyl sites for hydroxylation is 1. The minimum absolute atomic E-state index is 0.00497. The van der Waals surface area contributed by atoms with Crippen LogP contribution in [0.5, 0.6) is 0 Å². The summed E-state index contributed by atoms with van der Waals surface area (Å²) in [6, 6.07) is 0. The summed E-state index contributed by atoms with van der Waals surface area (Å²) in [7, 11) is -20.9. The van der Waals surface area contributed by atoms with Crippen molar-refractivity contribution in [2.45, 2.75) is 80.9 Å². The van der Waals surface area contributed by atoms with Crippen molar-refractivity contribution >= 4 is 82.5 Å². The molecule has 9 heterocycles. The molecular weight excluding hydrogens is 1110 g/mol. The Morgan fingerprint density at radius 3 is 1.92 bits per heavy atom. The van der Waals surface area contributed by atoms with Crippen LogP contribution in [0.1, 0.15) is 32.0 Å². The van der Waals surface area contributed by atoms with Gasteiger partial charge in [-0.1, -0.05) is 6.92 Å². The van der Waals surface area contributed by atoms with E-state index in [4.69, 9.17) is 54.2 Å². The molecule has 6 aromatic rings. The van der Waals surface area contributed by atoms with Crippen molar-refractivity contribution in [1.82, 2.24) is 53.6 Å². The first-order chi connectivity index (χ1) is 35.7. The number of hydrogen-bond acceptors (Lipinski definition) is 29. The Labute approximate surface area is 422 Å². The van der Waals surface area contributed by atoms with E-state index in [-0.39, 0.29) is 57.6 Å². The lowest BCUT2D eigenvalue weighted by Crippen LogP contribution is -2.39. The van der Waals surface area contributed by atoms with Crippen molar-refractivity contribution in [2.24, 2.45) is 13.0 Å². The summed E-state index contributed by atoms with van der Waals surface area (Å²) in [5.41, 5.74) is 15.7. The zero-order valence-corrected chi connectivity index (χ0v) is 42.8. The summed E-state index contributed by atoms with van der Waals surface area (Å²) in [5.74, 6) is -1.49. The second kappa shape index (κ2) is 20.9. The number of nitrogens with one attached hydrogen (secondary N) is 2. The van der Waals surface area contributed by atoms with Gasteiger partial charge in [0.05, 0.1) is 45.6 Å². The highest BCUT2D eigenvalue weighted by atomic mass is 31.3. The highest BCUT2D eigenvalue weighted by Gasteiger charge is 2.53. The number of methoxy groups -OCH3 is 1. The molecule has 416 valence electrons. The molecule has 0 bridgehead atoms. The second-order valence-corrected chi connectivity index (χ2v) is 23.0. The van der Waals surface area contributed by atoms with E-state index in [2.05, 4.69) is 48.5 Å². The summed E-state index contributed by atoms with van der Waals surface area (Å²) in [6.45, 7) is -1.56. The van der Waals surface area contributed by atoms with Crippen LogP contribution in [0.3, 0.4) is 0 Å². The SMILES string of the molecule is CC[C@H]1[C@@H](O)[C@H](n2c[n+](C)c3c(=O)[nH]c(N)nc32)O[C@@H]1COP(=O)(O)OP(=O)(O)OP(=O)(O)OC[C@H]1O[C@@H](n2cnc3c(N)ncnc32)[C@H](OC)[C@@H]1OP(=O)([O-])OC[C@H]1O[C@@H](n2cnc3c(=O)[nH]c(N)nc32)[C@H](O)[C@@H]1O. The van der Waals surface area contributed by atoms with Gasteiger partial charge in [0.15, 0.2) is 35.1 Å². The van der Waals surface area contributed by atoms with E-state index in [1.807, 2.05) is 0 Å². The quantitative estimate of drug-likeness (QED) is 0.0259. The van der Waals surface area contributed by atoms with Gasteiger partial charge in [0.1, 0.15) is 54.6 Å². The molecule has 3 fully saturated rings. The van der Waals surface area contributed by atoms with Crippen molar-refractivity contribution in [2.75, 3.05) is 44.1 Å². The zero-order chi connectivity index (χ0) is 55.0. The molecule has 0 amide bonds. The van der Waals surface area contributed by atoms with Gasteiger partial charge >= 0.3 is 29.0 Å². The first kappa shape index (κ1) is 55.6. The van der Waals surface area contributed by atoms with Gasteiger partial charge < -0.3 is 80.1 Å². The second-order valence-electron chi connectivity index (χ2n) is 17.0. The Kier molecular flexibility index (Phi) is 15.3. The topological polar surface area (TPSA) is 545 Å². The summed E-state index contributed by atoms with van der Waals surface area (Å²) >= 11 is 0. The van der Waals surface area contributed by atoms with Crippen LogP contribution in [0.15, 0.2) is 34.9 Å². The third-order valence-electron chi connectivity index (χ3n) is 12.2. The van der Waals surface area contributed by atoms with Crippen LogP contribution in [0.25, 0.3) is 33.5 Å². The number of hydrogen-bond donors (Lipinski definition) is 11. The van der Waals surface area contributed by atoms with Gasteiger partial charge in [0.2, 0.25) is 24.5 Å². The monoisotopic (exact) mass is 1160 g/mol. The fraction of sp³-hybridized carbons (Fsp3) is 0.559. The number of anilines is 3. The first-order valence-corrected chi connectivity index (χ1v) is 27.9. The number of nitrogens with zero attached hydrogens (tertiary/aromatic N) is 10. The predicted molar refractivity (Wildman–Crippen MR) is 245 cm³/mol. The molecule has 0 radical (unpaired) electrons. The van der Waals surface area contributed by atoms with Gasteiger partial charge in [0, 0.05) is 13.0 Å². The average molecular weight is 1160 g/mol. The lowest BCUT2D eigenvalue weighted by molar-refractivity contribution is -0.646. The zero-order valence-electron chi connectivity index (χ0n) is 39.2. The number of nitrogen functional groups attached to an aromatic ring is 3. The number of ether oxygens (including phenoxy) is 4. The lowest BCUT2D eigenvalue weighted by atomic mass is 9.95. The van der Waals surface area contributed by atoms with Gasteiger partial charge in [-0.05, 0) is 6.42 Å². The van der Waals surface area contributed by atoms with E-state index in [1.165, 1.54) is 27.1 Å². The summed E-state index contributed by atoms with van der Waals surface area (Å²) in [4.78, 5) is 98.7. The molecule has 76 heavy (non-hydrogen) atoms. The Morgan fingerprint density at radius 1 is 0.697 bits per heavy atom. The van der Waals surface area contributed by atoms with E-state index in [9.17, 15) is 62.7 Å². The van der Waals surface area contributed by atoms with Crippen LogP contribution in [0.4, 0.5) is 17.7 Å². The highest BCUT2D eigenvalue weighted by molar-refractivity contribution is 7.66. The molecule has 0 saturated carbocycles. The van der Waals surface area contributed by atoms with Gasteiger partial charge in [0.25, 0.3) is 24.5 Å². The molecule has 4 unspecified atom stereocenters. The molecule has 42 heteroatoms. The van der Waals surface area contributed by atoms with Crippen LogP contribution in [-0.2, 0) is 71.0 Å². The standard InChI is InChI=1S/C34H47N15O23P4/c1-4-12-13(67-30(19(12)50)49-11-46(2)18-27(49)43-34(37)45-29(18)54)5-65-74(57,58)71-76(61,62)72-75(59,60)66-7-15-22(23(63-3)32(69-15)47-9-40-16-24(35)38-8-39-25(16)47)70-73(55,56)64-6-14-20(51)21(52)31(68-14)48-10-41-17-26(48)42-33(36)44-28(17)53/h8-15,19-23,30-32,50-52H,4-7H2,1-3H3,(H11-,35,36,37,38,39,42,43,44,45,53,54,55,56,57,58,59,60,61,62)/t12-,13-,14-,15-,19-,20-,21-,22-,23-,30-,31-,32-/m1/s1. The molecule has 0 aromatic carbocycles. The number of aromatic nitrogens is 12. The minimum Gasteiger partial charge on any atom is -0.756 e. The summed E-state index contributed by atoms with van der Waals surface area (Å²) < 4.78 is 110. The molecular formula is C34H47N15O23P4. The number of H-pyrrole nitrogens is 2. The fourth-order valence-electron chi connectivity index (χ4n) is 8.87. The number of aromatic amines is 2. The van der Waals surface area contributed by atoms with Gasteiger partial charge in [-0.25, -0.2) is 38.2 Å². The molecule has 0 spiro atoms. The van der Waals surface area contributed by atoms with Gasteiger partial charge in [-0.3, -0.25) is 42.3 Å². The fourth-order valence-corrected chi connectivity index (χ4v) is 13.3. The van der Waals surface area contributed by atoms with Crippen LogP contribution in [0, 0.1) is 5.92 Å². The van der Waals surface area contributed by atoms with Gasteiger partial charge in [-0.15, -0.1) is 0 Å². The lowest BCUT2D eigenvalue weighted by Gasteiger charge is -2.31. The van der Waals surface area contributed by atoms with Crippen LogP contribution >= 0.6 is 31.3 Å². The number of imidazole rings is 3. The smallest absolute Gasteiger partial charge is 0.490 e. The molecule has 3 aliphatic rings. The van der Waals surface area contributed by atoms with Crippen LogP contribution in [-0.4, -0.2) is 159 Å². The highest BCUT2D eigenvalue weighted by Crippen LogP contribution is 2.68. The summed E-state index contributed by atoms with van der Waals surface area (Å²) in [5, 5.41) is 32.9. The minimum atomic E-state index is -6.16. The van der Waals surface area contributed by atoms with Crippen molar-refractivity contribution in [3.8, 4) is 0 Å². The van der Waals surface area contributed by atoms with Crippen molar-refractivity contribution < 1.29 is 103 Å². The van der Waals surface area contributed by atoms with Crippen molar-refractivity contribution in [1.29, 1.82) is 0 Å². The first-order valence-electron chi connectivity index (χ1n) is 22.0. The van der Waals surface area contributed by atoms with E-state index < -0.39 is 136 Å². The largest absolute Gasteiger partial charge is 0.756 e. The molecule has 3 saturated heterocycles. The Bertz CT molecular complexity index is 3490. The Balaban J connectivity index is 0.866. The number of aliphatic hydroxyl groups is 3. The van der Waals surface area contributed by atoms with E-state index in [0.29, 0.717) is 0 Å². The van der Waals surface area contributed by atoms with Crippen LogP contribution in [0.2, 0.25) is 0 Å². The van der Waals surface area contributed by atoms with Crippen molar-refractivity contribution in [3.05, 3.63) is 46.0 Å². The third-order valence-corrected chi connectivity index (χ3v) is 17.4. The van der Waals surface area contributed by atoms with Crippen molar-refractivity contribution in [3.63, 3.8) is 0 Å². The molecule has 16 atom stereocenters. The van der Waals surface area contributed by atoms with Gasteiger partial charge in [-0.2, -0.15) is 23.2 Å². The number of rotatable bonds is 20. The third kappa shape index (κ3) is 11.0. The van der Waals surface area contributed by atoms with E-state index in [1.54, 1.807) is 6.92 Å². The molecule has 38 nitrogen and oxygen atoms in total. The summed E-state index contributed by atoms with van der Waals surface area (Å²) in [6.07, 6.45) is -12.6. The number of fused-ring (bicyclic) bond motifs is 3. The molecule has 14 N–H and O–H groups in total. The maximum atomic E-state index is 13.6. The number of aliphatic hydroxyl groups excluding tert-OH is 3. The normalized spacial score (nSPS) is 30.2. The van der Waals surface area contributed by atoms with Crippen LogP contribution < -0.4 is 37.8 Å². The Hall–Kier alpha value is -5.11. The predicted octanol–water partition coefficient (Wildman–Crippen LogP) is -3.68. The molecule has 6 aromatic heterocycles.